The normalized spacial score (nSPS) is 11.1. The first-order valence-electron chi connectivity index (χ1n) is 15.9. The van der Waals surface area contributed by atoms with Crippen LogP contribution in [-0.2, 0) is 0 Å². The Labute approximate surface area is 279 Å². The molecule has 0 bridgehead atoms. The first-order valence-corrected chi connectivity index (χ1v) is 15.9. The number of hydrogen-bond donors (Lipinski definition) is 0. The lowest BCUT2D eigenvalue weighted by Gasteiger charge is -2.25. The van der Waals surface area contributed by atoms with Gasteiger partial charge in [0, 0.05) is 39.3 Å². The van der Waals surface area contributed by atoms with E-state index < -0.39 is 0 Å². The Bertz CT molecular complexity index is 2330. The average molecular weight is 622 g/mol. The average Bonchev–Trinajstić information content (AvgIpc) is 3.63. The number of anilines is 3. The van der Waals surface area contributed by atoms with Gasteiger partial charge >= 0.3 is 0 Å². The second kappa shape index (κ2) is 12.4. The van der Waals surface area contributed by atoms with Gasteiger partial charge < -0.3 is 9.32 Å². The number of aryl methyl sites for hydroxylation is 2. The van der Waals surface area contributed by atoms with E-state index in [1.807, 2.05) is 72.8 Å². The van der Waals surface area contributed by atoms with Crippen LogP contribution in [0, 0.1) is 13.8 Å². The van der Waals surface area contributed by atoms with Crippen LogP contribution in [0.25, 0.3) is 56.5 Å². The second-order valence-electron chi connectivity index (χ2n) is 11.8. The van der Waals surface area contributed by atoms with Crippen molar-refractivity contribution in [2.24, 2.45) is 0 Å². The number of benzene rings is 6. The van der Waals surface area contributed by atoms with Gasteiger partial charge in [0.15, 0.2) is 0 Å². The van der Waals surface area contributed by atoms with Gasteiger partial charge in [0.05, 0.1) is 22.4 Å². The summed E-state index contributed by atoms with van der Waals surface area (Å²) < 4.78 is 6.02. The summed E-state index contributed by atoms with van der Waals surface area (Å²) in [5, 5.41) is 8.57. The van der Waals surface area contributed by atoms with Crippen LogP contribution in [0.2, 0.25) is 0 Å². The van der Waals surface area contributed by atoms with Gasteiger partial charge in [-0.2, -0.15) is 0 Å². The van der Waals surface area contributed by atoms with E-state index in [1.54, 1.807) is 0 Å². The zero-order chi connectivity index (χ0) is 32.5. The molecule has 0 radical (unpaired) electrons. The van der Waals surface area contributed by atoms with Crippen LogP contribution in [0.15, 0.2) is 156 Å². The predicted octanol–water partition coefficient (Wildman–Crippen LogP) is 10.8. The van der Waals surface area contributed by atoms with E-state index >= 15 is 0 Å². The molecule has 0 atom stereocenters. The Kier molecular flexibility index (Phi) is 7.51. The molecular formula is C42H31N5O. The number of aromatic nitrogens is 4. The van der Waals surface area contributed by atoms with E-state index in [0.717, 1.165) is 61.7 Å². The molecular weight excluding hydrogens is 590 g/mol. The standard InChI is InChI=1S/C42H31N5O/c1-28-25-29(2)27-33(26-28)40-39(43-37-15-9-10-16-38(37)44-40)30-17-21-35(22-18-30)47(34-13-7-4-8-14-34)36-23-19-32(20-24-36)42-46-45-41(48-42)31-11-5-3-6-12-31/h3-27H,1-2H3. The quantitative estimate of drug-likeness (QED) is 0.176. The summed E-state index contributed by atoms with van der Waals surface area (Å²) in [6.45, 7) is 4.24. The third kappa shape index (κ3) is 5.72. The lowest BCUT2D eigenvalue weighted by molar-refractivity contribution is 0.584. The maximum Gasteiger partial charge on any atom is 0.248 e. The Morgan fingerprint density at radius 2 is 0.854 bits per heavy atom. The van der Waals surface area contributed by atoms with Crippen molar-refractivity contribution in [1.82, 2.24) is 20.2 Å². The topological polar surface area (TPSA) is 67.9 Å². The van der Waals surface area contributed by atoms with Crippen LogP contribution < -0.4 is 4.90 Å². The van der Waals surface area contributed by atoms with Crippen molar-refractivity contribution in [3.63, 3.8) is 0 Å². The highest BCUT2D eigenvalue weighted by atomic mass is 16.4. The summed E-state index contributed by atoms with van der Waals surface area (Å²) in [7, 11) is 0. The van der Waals surface area contributed by atoms with Gasteiger partial charge in [-0.1, -0.05) is 77.9 Å². The summed E-state index contributed by atoms with van der Waals surface area (Å²) in [6, 6.07) is 51.5. The number of rotatable bonds is 7. The van der Waals surface area contributed by atoms with E-state index in [-0.39, 0.29) is 0 Å². The van der Waals surface area contributed by atoms with Crippen LogP contribution in [0.1, 0.15) is 11.1 Å². The third-order valence-corrected chi connectivity index (χ3v) is 8.30. The lowest BCUT2D eigenvalue weighted by Crippen LogP contribution is -2.09. The molecule has 0 saturated carbocycles. The Hall–Kier alpha value is -6.40. The summed E-state index contributed by atoms with van der Waals surface area (Å²) in [5.74, 6) is 0.976. The summed E-state index contributed by atoms with van der Waals surface area (Å²) in [5.41, 5.74) is 12.7. The lowest BCUT2D eigenvalue weighted by atomic mass is 9.99. The molecule has 8 aromatic rings. The third-order valence-electron chi connectivity index (χ3n) is 8.30. The van der Waals surface area contributed by atoms with Crippen molar-refractivity contribution >= 4 is 28.1 Å². The van der Waals surface area contributed by atoms with Crippen LogP contribution in [0.3, 0.4) is 0 Å². The molecule has 8 rings (SSSR count). The highest BCUT2D eigenvalue weighted by Gasteiger charge is 2.17. The van der Waals surface area contributed by atoms with Gasteiger partial charge in [-0.15, -0.1) is 10.2 Å². The molecule has 48 heavy (non-hydrogen) atoms. The molecule has 6 aromatic carbocycles. The molecule has 6 heteroatoms. The Morgan fingerprint density at radius 1 is 0.417 bits per heavy atom. The SMILES string of the molecule is Cc1cc(C)cc(-c2nc3ccccc3nc2-c2ccc(N(c3ccccc3)c3ccc(-c4nnc(-c5ccccc5)o4)cc3)cc2)c1. The molecule has 0 aliphatic heterocycles. The van der Waals surface area contributed by atoms with Crippen molar-refractivity contribution in [2.75, 3.05) is 4.90 Å². The predicted molar refractivity (Wildman–Crippen MR) is 193 cm³/mol. The number of nitrogens with zero attached hydrogens (tertiary/aromatic N) is 5. The largest absolute Gasteiger partial charge is 0.416 e. The number of para-hydroxylation sites is 3. The van der Waals surface area contributed by atoms with Crippen molar-refractivity contribution in [1.29, 1.82) is 0 Å². The zero-order valence-electron chi connectivity index (χ0n) is 26.6. The van der Waals surface area contributed by atoms with Gasteiger partial charge in [-0.3, -0.25) is 0 Å². The first-order chi connectivity index (χ1) is 23.6. The van der Waals surface area contributed by atoms with E-state index in [0.29, 0.717) is 11.8 Å². The summed E-state index contributed by atoms with van der Waals surface area (Å²) >= 11 is 0. The smallest absolute Gasteiger partial charge is 0.248 e. The molecule has 6 nitrogen and oxygen atoms in total. The van der Waals surface area contributed by atoms with E-state index in [4.69, 9.17) is 14.4 Å². The summed E-state index contributed by atoms with van der Waals surface area (Å²) in [6.07, 6.45) is 0. The maximum absolute atomic E-state index is 6.02. The monoisotopic (exact) mass is 621 g/mol. The molecule has 0 aliphatic carbocycles. The Morgan fingerprint density at radius 3 is 1.42 bits per heavy atom. The number of fused-ring (bicyclic) bond motifs is 1. The number of hydrogen-bond acceptors (Lipinski definition) is 6. The van der Waals surface area contributed by atoms with Crippen LogP contribution in [0.5, 0.6) is 0 Å². The molecule has 0 fully saturated rings. The molecule has 2 aromatic heterocycles. The molecule has 230 valence electrons. The molecule has 0 saturated heterocycles. The van der Waals surface area contributed by atoms with Gasteiger partial charge in [0.2, 0.25) is 11.8 Å². The minimum absolute atomic E-state index is 0.479. The summed E-state index contributed by atoms with van der Waals surface area (Å²) in [4.78, 5) is 12.5. The van der Waals surface area contributed by atoms with Crippen LogP contribution in [0.4, 0.5) is 17.1 Å². The highest BCUT2D eigenvalue weighted by molar-refractivity contribution is 5.87. The fourth-order valence-corrected chi connectivity index (χ4v) is 6.10. The highest BCUT2D eigenvalue weighted by Crippen LogP contribution is 2.38. The molecule has 0 unspecified atom stereocenters. The van der Waals surface area contributed by atoms with Crippen molar-refractivity contribution < 1.29 is 4.42 Å². The van der Waals surface area contributed by atoms with E-state index in [2.05, 4.69) is 108 Å². The zero-order valence-corrected chi connectivity index (χ0v) is 26.6. The van der Waals surface area contributed by atoms with Gasteiger partial charge in [-0.05, 0) is 98.8 Å². The molecule has 0 aliphatic rings. The van der Waals surface area contributed by atoms with Crippen molar-refractivity contribution in [2.45, 2.75) is 13.8 Å². The van der Waals surface area contributed by atoms with Gasteiger partial charge in [0.1, 0.15) is 0 Å². The second-order valence-corrected chi connectivity index (χ2v) is 11.8. The van der Waals surface area contributed by atoms with Crippen LogP contribution in [-0.4, -0.2) is 20.2 Å². The van der Waals surface area contributed by atoms with E-state index in [1.165, 1.54) is 11.1 Å². The molecule has 2 heterocycles. The fraction of sp³-hybridized carbons (Fsp3) is 0.0476. The van der Waals surface area contributed by atoms with Gasteiger partial charge in [-0.25, -0.2) is 9.97 Å². The van der Waals surface area contributed by atoms with Crippen molar-refractivity contribution in [3.8, 4) is 45.4 Å². The van der Waals surface area contributed by atoms with Gasteiger partial charge in [0.25, 0.3) is 0 Å². The van der Waals surface area contributed by atoms with E-state index in [9.17, 15) is 0 Å². The minimum Gasteiger partial charge on any atom is -0.416 e. The maximum atomic E-state index is 6.02. The van der Waals surface area contributed by atoms with Crippen molar-refractivity contribution in [3.05, 3.63) is 163 Å². The molecule has 0 spiro atoms. The fourth-order valence-electron chi connectivity index (χ4n) is 6.10. The minimum atomic E-state index is 0.479. The first kappa shape index (κ1) is 29.0. The van der Waals surface area contributed by atoms with Crippen LogP contribution >= 0.6 is 0 Å². The Balaban J connectivity index is 1.17. The molecule has 0 amide bonds. The molecule has 0 N–H and O–H groups in total.